The first kappa shape index (κ1) is 13.7. The molecule has 0 atom stereocenters. The number of rotatable bonds is 7. The van der Waals surface area contributed by atoms with Crippen molar-refractivity contribution >= 4 is 12.0 Å². The molecule has 0 heterocycles. The standard InChI is InChI=1S/C9H19N3O3/c1-3-15-8(13)7-12-9(14)11-6-4-5-10-2/h10H,3-7H2,1-2H3,(H2,11,12,14). The van der Waals surface area contributed by atoms with Crippen LogP contribution < -0.4 is 16.0 Å². The van der Waals surface area contributed by atoms with Gasteiger partial charge in [0.1, 0.15) is 6.54 Å². The average molecular weight is 217 g/mol. The predicted octanol–water partition coefficient (Wildman–Crippen LogP) is -0.542. The number of esters is 1. The van der Waals surface area contributed by atoms with E-state index in [4.69, 9.17) is 0 Å². The maximum absolute atomic E-state index is 11.1. The molecular weight excluding hydrogens is 198 g/mol. The molecule has 0 saturated heterocycles. The van der Waals surface area contributed by atoms with Gasteiger partial charge in [0.15, 0.2) is 0 Å². The van der Waals surface area contributed by atoms with E-state index in [0.717, 1.165) is 13.0 Å². The Morgan fingerprint density at radius 2 is 1.93 bits per heavy atom. The Kier molecular flexibility index (Phi) is 8.46. The first-order chi connectivity index (χ1) is 7.20. The maximum atomic E-state index is 11.1. The van der Waals surface area contributed by atoms with Gasteiger partial charge in [0.2, 0.25) is 0 Å². The normalized spacial score (nSPS) is 9.47. The van der Waals surface area contributed by atoms with Crippen LogP contribution >= 0.6 is 0 Å². The molecule has 0 aromatic rings. The Balaban J connectivity index is 3.36. The SMILES string of the molecule is CCOC(=O)CNC(=O)NCCCNC. The topological polar surface area (TPSA) is 79.5 Å². The van der Waals surface area contributed by atoms with E-state index in [-0.39, 0.29) is 12.6 Å². The van der Waals surface area contributed by atoms with Crippen LogP contribution in [0.1, 0.15) is 13.3 Å². The molecular formula is C9H19N3O3. The van der Waals surface area contributed by atoms with Gasteiger partial charge in [-0.25, -0.2) is 4.79 Å². The van der Waals surface area contributed by atoms with E-state index in [9.17, 15) is 9.59 Å². The molecule has 6 heteroatoms. The summed E-state index contributed by atoms with van der Waals surface area (Å²) in [5, 5.41) is 7.98. The third-order valence-electron chi connectivity index (χ3n) is 1.59. The Morgan fingerprint density at radius 1 is 1.20 bits per heavy atom. The molecule has 15 heavy (non-hydrogen) atoms. The van der Waals surface area contributed by atoms with Crippen molar-refractivity contribution in [1.29, 1.82) is 0 Å². The molecule has 0 aliphatic heterocycles. The third-order valence-corrected chi connectivity index (χ3v) is 1.59. The van der Waals surface area contributed by atoms with Crippen LogP contribution in [0.25, 0.3) is 0 Å². The van der Waals surface area contributed by atoms with Crippen molar-refractivity contribution in [3.63, 3.8) is 0 Å². The summed E-state index contributed by atoms with van der Waals surface area (Å²) in [5.74, 6) is -0.428. The quantitative estimate of drug-likeness (QED) is 0.395. The molecule has 0 rings (SSSR count). The zero-order valence-corrected chi connectivity index (χ0v) is 9.26. The van der Waals surface area contributed by atoms with Crippen LogP contribution in [0.15, 0.2) is 0 Å². The molecule has 0 saturated carbocycles. The Bertz CT molecular complexity index is 197. The van der Waals surface area contributed by atoms with E-state index in [1.807, 2.05) is 7.05 Å². The summed E-state index contributed by atoms with van der Waals surface area (Å²) in [5.41, 5.74) is 0. The number of amides is 2. The number of nitrogens with one attached hydrogen (secondary N) is 3. The maximum Gasteiger partial charge on any atom is 0.325 e. The largest absolute Gasteiger partial charge is 0.465 e. The van der Waals surface area contributed by atoms with Gasteiger partial charge in [-0.1, -0.05) is 0 Å². The van der Waals surface area contributed by atoms with Crippen molar-refractivity contribution in [2.45, 2.75) is 13.3 Å². The molecule has 0 unspecified atom stereocenters. The molecule has 6 nitrogen and oxygen atoms in total. The minimum Gasteiger partial charge on any atom is -0.465 e. The van der Waals surface area contributed by atoms with Gasteiger partial charge in [-0.05, 0) is 26.9 Å². The summed E-state index contributed by atoms with van der Waals surface area (Å²) >= 11 is 0. The zero-order valence-electron chi connectivity index (χ0n) is 9.26. The Labute approximate surface area is 89.7 Å². The number of carbonyl (C=O) groups is 2. The molecule has 0 radical (unpaired) electrons. The molecule has 0 fully saturated rings. The molecule has 3 N–H and O–H groups in total. The van der Waals surface area contributed by atoms with Gasteiger partial charge in [-0.15, -0.1) is 0 Å². The summed E-state index contributed by atoms with van der Waals surface area (Å²) in [6, 6.07) is -0.348. The van der Waals surface area contributed by atoms with Crippen molar-refractivity contribution in [3.05, 3.63) is 0 Å². The van der Waals surface area contributed by atoms with E-state index in [1.165, 1.54) is 0 Å². The van der Waals surface area contributed by atoms with E-state index in [0.29, 0.717) is 13.2 Å². The van der Waals surface area contributed by atoms with Gasteiger partial charge in [-0.3, -0.25) is 4.79 Å². The van der Waals surface area contributed by atoms with Crippen molar-refractivity contribution in [2.75, 3.05) is 33.3 Å². The van der Waals surface area contributed by atoms with Gasteiger partial charge < -0.3 is 20.7 Å². The fourth-order valence-electron chi connectivity index (χ4n) is 0.894. The third kappa shape index (κ3) is 9.01. The van der Waals surface area contributed by atoms with Crippen LogP contribution in [0.3, 0.4) is 0 Å². The lowest BCUT2D eigenvalue weighted by Crippen LogP contribution is -2.39. The van der Waals surface area contributed by atoms with Gasteiger partial charge in [0, 0.05) is 6.54 Å². The molecule has 88 valence electrons. The lowest BCUT2D eigenvalue weighted by atomic mass is 10.4. The average Bonchev–Trinajstić information content (AvgIpc) is 2.22. The van der Waals surface area contributed by atoms with Gasteiger partial charge in [0.25, 0.3) is 0 Å². The Hall–Kier alpha value is -1.30. The van der Waals surface area contributed by atoms with E-state index in [2.05, 4.69) is 20.7 Å². The number of urea groups is 1. The van der Waals surface area contributed by atoms with Crippen LogP contribution in [0.5, 0.6) is 0 Å². The number of hydrogen-bond donors (Lipinski definition) is 3. The van der Waals surface area contributed by atoms with Gasteiger partial charge in [-0.2, -0.15) is 0 Å². The van der Waals surface area contributed by atoms with E-state index in [1.54, 1.807) is 6.92 Å². The fraction of sp³-hybridized carbons (Fsp3) is 0.778. The van der Waals surface area contributed by atoms with Crippen molar-refractivity contribution in [3.8, 4) is 0 Å². The summed E-state index contributed by atoms with van der Waals surface area (Å²) < 4.78 is 4.64. The molecule has 2 amide bonds. The van der Waals surface area contributed by atoms with Crippen LogP contribution in [0.4, 0.5) is 4.79 Å². The van der Waals surface area contributed by atoms with E-state index >= 15 is 0 Å². The lowest BCUT2D eigenvalue weighted by molar-refractivity contribution is -0.141. The smallest absolute Gasteiger partial charge is 0.325 e. The highest BCUT2D eigenvalue weighted by molar-refractivity contribution is 5.80. The van der Waals surface area contributed by atoms with E-state index < -0.39 is 5.97 Å². The number of hydrogen-bond acceptors (Lipinski definition) is 4. The molecule has 0 aromatic heterocycles. The van der Waals surface area contributed by atoms with Crippen LogP contribution in [0, 0.1) is 0 Å². The first-order valence-electron chi connectivity index (χ1n) is 5.02. The predicted molar refractivity (Wildman–Crippen MR) is 56.6 cm³/mol. The lowest BCUT2D eigenvalue weighted by Gasteiger charge is -2.06. The molecule has 0 bridgehead atoms. The van der Waals surface area contributed by atoms with Gasteiger partial charge in [0.05, 0.1) is 6.61 Å². The summed E-state index contributed by atoms with van der Waals surface area (Å²) in [7, 11) is 1.85. The minimum atomic E-state index is -0.428. The summed E-state index contributed by atoms with van der Waals surface area (Å²) in [6.45, 7) is 3.37. The minimum absolute atomic E-state index is 0.0916. The van der Waals surface area contributed by atoms with Crippen molar-refractivity contribution in [2.24, 2.45) is 0 Å². The fourth-order valence-corrected chi connectivity index (χ4v) is 0.894. The van der Waals surface area contributed by atoms with Crippen LogP contribution in [-0.4, -0.2) is 45.3 Å². The highest BCUT2D eigenvalue weighted by Gasteiger charge is 2.04. The molecule has 0 aliphatic carbocycles. The summed E-state index contributed by atoms with van der Waals surface area (Å²) in [6.07, 6.45) is 0.851. The number of ether oxygens (including phenoxy) is 1. The van der Waals surface area contributed by atoms with Crippen molar-refractivity contribution < 1.29 is 14.3 Å². The molecule has 0 aliphatic rings. The highest BCUT2D eigenvalue weighted by atomic mass is 16.5. The Morgan fingerprint density at radius 3 is 2.53 bits per heavy atom. The van der Waals surface area contributed by atoms with Crippen LogP contribution in [-0.2, 0) is 9.53 Å². The number of carbonyl (C=O) groups excluding carboxylic acids is 2. The van der Waals surface area contributed by atoms with Gasteiger partial charge >= 0.3 is 12.0 Å². The second kappa shape index (κ2) is 9.26. The summed E-state index contributed by atoms with van der Waals surface area (Å²) in [4.78, 5) is 21.9. The second-order valence-corrected chi connectivity index (χ2v) is 2.87. The van der Waals surface area contributed by atoms with Crippen molar-refractivity contribution in [1.82, 2.24) is 16.0 Å². The first-order valence-corrected chi connectivity index (χ1v) is 5.02. The van der Waals surface area contributed by atoms with Crippen LogP contribution in [0.2, 0.25) is 0 Å². The zero-order chi connectivity index (χ0) is 11.5. The molecule has 0 aromatic carbocycles. The second-order valence-electron chi connectivity index (χ2n) is 2.87. The molecule has 0 spiro atoms. The highest BCUT2D eigenvalue weighted by Crippen LogP contribution is 1.76. The monoisotopic (exact) mass is 217 g/mol.